The molecule has 10 radical (unpaired) electrons. The topological polar surface area (TPSA) is 0 Å². The van der Waals surface area contributed by atoms with Crippen molar-refractivity contribution in [3.63, 3.8) is 0 Å². The van der Waals surface area contributed by atoms with Crippen molar-refractivity contribution in [2.75, 3.05) is 0 Å². The highest BCUT2D eigenvalue weighted by Crippen LogP contribution is 2.69. The molecule has 1 heterocycles. The summed E-state index contributed by atoms with van der Waals surface area (Å²) in [6, 6.07) is 10.9. The minimum Gasteiger partial charge on any atom is -0.0795 e. The van der Waals surface area contributed by atoms with Crippen LogP contribution in [0.2, 0.25) is 0 Å². The molecule has 0 spiro atoms. The van der Waals surface area contributed by atoms with E-state index in [0.717, 1.165) is 0 Å². The number of hydrogen-bond acceptors (Lipinski definition) is 0. The molecule has 2 saturated carbocycles. The maximum absolute atomic E-state index is 2.28. The summed E-state index contributed by atoms with van der Waals surface area (Å²) in [6.45, 7) is 0. The molecule has 3 aliphatic rings. The van der Waals surface area contributed by atoms with E-state index in [1.807, 2.05) is 0 Å². The normalized spacial score (nSPS) is 26.5. The summed E-state index contributed by atoms with van der Waals surface area (Å²) < 4.78 is 0. The van der Waals surface area contributed by atoms with E-state index in [1.54, 1.807) is 0 Å². The number of benzene rings is 1. The lowest BCUT2D eigenvalue weighted by molar-refractivity contribution is 1.31. The molecule has 0 nitrogen and oxygen atoms in total. The average molecular weight is 260 g/mol. The van der Waals surface area contributed by atoms with Gasteiger partial charge in [0.2, 0.25) is 0 Å². The molecule has 2 aliphatic carbocycles. The molecule has 19 heavy (non-hydrogen) atoms. The third-order valence-electron chi connectivity index (χ3n) is 3.59. The second kappa shape index (κ2) is 5.06. The minimum absolute atomic E-state index is 0.414. The molecule has 90 valence electrons. The molecule has 1 aromatic carbocycles. The van der Waals surface area contributed by atoms with Gasteiger partial charge in [-0.05, 0) is 43.8 Å². The van der Waals surface area contributed by atoms with Crippen LogP contribution in [0.4, 0.5) is 0 Å². The van der Waals surface area contributed by atoms with Crippen LogP contribution in [-0.2, 0) is 0 Å². The molecule has 4 rings (SSSR count). The van der Waals surface area contributed by atoms with Crippen molar-refractivity contribution in [1.82, 2.24) is 0 Å². The lowest BCUT2D eigenvalue weighted by atomic mass is 10.0. The molecule has 1 aliphatic heterocycles. The Kier molecular flexibility index (Phi) is 3.24. The van der Waals surface area contributed by atoms with Crippen molar-refractivity contribution in [1.29, 1.82) is 0 Å². The second-order valence-corrected chi connectivity index (χ2v) is 6.89. The van der Waals surface area contributed by atoms with E-state index in [4.69, 9.17) is 0 Å². The van der Waals surface area contributed by atoms with Gasteiger partial charge in [-0.15, -0.1) is 0 Å². The van der Waals surface area contributed by atoms with Crippen LogP contribution in [0.15, 0.2) is 42.5 Å². The number of rotatable bonds is 1. The molecule has 1 heteroatoms. The molecule has 2 fully saturated rings. The summed E-state index contributed by atoms with van der Waals surface area (Å²) in [4.78, 5) is 0. The van der Waals surface area contributed by atoms with Gasteiger partial charge in [0, 0.05) is 23.2 Å². The molecular weight excluding hydrogens is 247 g/mol. The second-order valence-electron chi connectivity index (χ2n) is 4.74. The fraction of sp³-hybridized carbons (Fsp3) is 0. The standard InChI is InChI=1S/C18H13P/c1-2-8-16(9-3-1)19-17-10-4-6-14(17)12-13-15-7-5-11-18(15)19/h1-13H. The number of allylic oxidation sites excluding steroid dienone is 2. The smallest absolute Gasteiger partial charge is 0.0198 e. The molecule has 0 amide bonds. The Labute approximate surface area is 118 Å². The number of fused-ring (bicyclic) bond motifs is 2. The van der Waals surface area contributed by atoms with Gasteiger partial charge in [0.1, 0.15) is 0 Å². The van der Waals surface area contributed by atoms with Gasteiger partial charge < -0.3 is 0 Å². The molecule has 1 aromatic rings. The fourth-order valence-electron chi connectivity index (χ4n) is 2.70. The zero-order valence-electron chi connectivity index (χ0n) is 10.5. The highest BCUT2D eigenvalue weighted by Gasteiger charge is 2.45. The van der Waals surface area contributed by atoms with Gasteiger partial charge in [0.25, 0.3) is 0 Å². The van der Waals surface area contributed by atoms with Gasteiger partial charge in [0.05, 0.1) is 0 Å². The Morgan fingerprint density at radius 3 is 1.79 bits per heavy atom. The summed E-state index contributed by atoms with van der Waals surface area (Å²) in [5.41, 5.74) is 2.95. The van der Waals surface area contributed by atoms with Crippen molar-refractivity contribution in [3.05, 3.63) is 104 Å². The predicted octanol–water partition coefficient (Wildman–Crippen LogP) is 3.83. The van der Waals surface area contributed by atoms with E-state index in [0.29, 0.717) is 0 Å². The summed E-state index contributed by atoms with van der Waals surface area (Å²) in [5, 5.41) is 1.43. The molecule has 0 unspecified atom stereocenters. The van der Waals surface area contributed by atoms with Crippen LogP contribution in [0, 0.1) is 61.7 Å². The molecule has 0 bridgehead atoms. The lowest BCUT2D eigenvalue weighted by Crippen LogP contribution is -2.14. The van der Waals surface area contributed by atoms with Crippen LogP contribution >= 0.6 is 7.92 Å². The van der Waals surface area contributed by atoms with Crippen LogP contribution in [0.3, 0.4) is 0 Å². The first-order valence-corrected chi connectivity index (χ1v) is 7.82. The largest absolute Gasteiger partial charge is 0.0795 e. The Balaban J connectivity index is 1.76. The SMILES string of the molecule is [CH]1[CH][C]2C=C[C]3[CH][CH][CH][C]3P(c3ccccc3)[C]2[CH]1. The predicted molar refractivity (Wildman–Crippen MR) is 80.9 cm³/mol. The minimum atomic E-state index is -0.414. The highest BCUT2D eigenvalue weighted by atomic mass is 31.1. The van der Waals surface area contributed by atoms with E-state index in [2.05, 4.69) is 81.0 Å². The van der Waals surface area contributed by atoms with Gasteiger partial charge in [-0.2, -0.15) is 0 Å². The van der Waals surface area contributed by atoms with E-state index in [9.17, 15) is 0 Å². The fourth-order valence-corrected chi connectivity index (χ4v) is 5.27. The first kappa shape index (κ1) is 12.2. The average Bonchev–Trinajstić information content (AvgIpc) is 3.07. The van der Waals surface area contributed by atoms with Gasteiger partial charge in [0.15, 0.2) is 0 Å². The van der Waals surface area contributed by atoms with Crippen molar-refractivity contribution in [2.45, 2.75) is 0 Å². The zero-order valence-corrected chi connectivity index (χ0v) is 11.3. The monoisotopic (exact) mass is 260 g/mol. The molecule has 0 atom stereocenters. The summed E-state index contributed by atoms with van der Waals surface area (Å²) in [6.07, 6.45) is 17.8. The van der Waals surface area contributed by atoms with Gasteiger partial charge >= 0.3 is 0 Å². The Morgan fingerprint density at radius 1 is 0.632 bits per heavy atom. The first-order chi connectivity index (χ1) is 9.43. The molecule has 0 aromatic heterocycles. The van der Waals surface area contributed by atoms with Gasteiger partial charge in [-0.1, -0.05) is 50.4 Å². The lowest BCUT2D eigenvalue weighted by Gasteiger charge is -2.31. The van der Waals surface area contributed by atoms with Crippen molar-refractivity contribution in [2.24, 2.45) is 0 Å². The van der Waals surface area contributed by atoms with Crippen LogP contribution in [0.1, 0.15) is 0 Å². The Hall–Kier alpha value is -0.610. The molecule has 0 saturated heterocycles. The Morgan fingerprint density at radius 2 is 1.21 bits per heavy atom. The number of hydrogen-bond donors (Lipinski definition) is 0. The van der Waals surface area contributed by atoms with E-state index >= 15 is 0 Å². The van der Waals surface area contributed by atoms with Crippen LogP contribution in [0.25, 0.3) is 0 Å². The van der Waals surface area contributed by atoms with Gasteiger partial charge in [-0.25, -0.2) is 0 Å². The van der Waals surface area contributed by atoms with Crippen LogP contribution in [0.5, 0.6) is 0 Å². The zero-order chi connectivity index (χ0) is 12.7. The Bertz CT molecular complexity index is 440. The third kappa shape index (κ3) is 2.09. The first-order valence-electron chi connectivity index (χ1n) is 6.48. The summed E-state index contributed by atoms with van der Waals surface area (Å²) in [5.74, 6) is 2.73. The van der Waals surface area contributed by atoms with E-state index in [1.165, 1.54) is 28.5 Å². The van der Waals surface area contributed by atoms with Crippen LogP contribution < -0.4 is 5.30 Å². The van der Waals surface area contributed by atoms with E-state index < -0.39 is 7.92 Å². The van der Waals surface area contributed by atoms with Crippen molar-refractivity contribution >= 4 is 13.2 Å². The van der Waals surface area contributed by atoms with Gasteiger partial charge in [-0.3, -0.25) is 0 Å². The molecule has 0 N–H and O–H groups in total. The summed E-state index contributed by atoms with van der Waals surface area (Å²) >= 11 is 0. The quantitative estimate of drug-likeness (QED) is 0.673. The van der Waals surface area contributed by atoms with Crippen LogP contribution in [-0.4, -0.2) is 0 Å². The maximum Gasteiger partial charge on any atom is 0.0198 e. The van der Waals surface area contributed by atoms with E-state index in [-0.39, 0.29) is 0 Å². The third-order valence-corrected chi connectivity index (χ3v) is 6.18. The summed E-state index contributed by atoms with van der Waals surface area (Å²) in [7, 11) is -0.414. The maximum atomic E-state index is 2.28. The highest BCUT2D eigenvalue weighted by molar-refractivity contribution is 7.72. The van der Waals surface area contributed by atoms with Crippen molar-refractivity contribution < 1.29 is 0 Å². The van der Waals surface area contributed by atoms with Crippen molar-refractivity contribution in [3.8, 4) is 0 Å². The molecular formula is C18H13P.